The van der Waals surface area contributed by atoms with Gasteiger partial charge in [-0.25, -0.2) is 4.79 Å². The van der Waals surface area contributed by atoms with Crippen molar-refractivity contribution < 1.29 is 14.7 Å². The van der Waals surface area contributed by atoms with Crippen molar-refractivity contribution in [1.29, 1.82) is 0 Å². The van der Waals surface area contributed by atoms with Crippen LogP contribution in [-0.4, -0.2) is 34.6 Å². The van der Waals surface area contributed by atoms with Gasteiger partial charge in [0.05, 0.1) is 0 Å². The van der Waals surface area contributed by atoms with E-state index < -0.39 is 5.97 Å². The zero-order valence-electron chi connectivity index (χ0n) is 11.9. The highest BCUT2D eigenvalue weighted by Gasteiger charge is 2.28. The number of carboxylic acids is 1. The van der Waals surface area contributed by atoms with Crippen molar-refractivity contribution in [3.05, 3.63) is 28.8 Å². The van der Waals surface area contributed by atoms with Gasteiger partial charge < -0.3 is 15.3 Å². The van der Waals surface area contributed by atoms with E-state index >= 15 is 0 Å². The summed E-state index contributed by atoms with van der Waals surface area (Å²) in [5, 5.41) is 12.3. The molecule has 1 aromatic carbocycles. The van der Waals surface area contributed by atoms with Gasteiger partial charge in [-0.2, -0.15) is 0 Å². The Hall–Kier alpha value is -1.75. The molecule has 0 atom stereocenters. The van der Waals surface area contributed by atoms with Crippen molar-refractivity contribution in [3.8, 4) is 0 Å². The van der Waals surface area contributed by atoms with Gasteiger partial charge in [0, 0.05) is 16.8 Å². The summed E-state index contributed by atoms with van der Waals surface area (Å²) in [6.07, 6.45) is 3.78. The third kappa shape index (κ3) is 4.11. The Morgan fingerprint density at radius 1 is 1.38 bits per heavy atom. The molecule has 5 nitrogen and oxygen atoms in total. The number of aryl methyl sites for hydroxylation is 1. The molecule has 1 saturated carbocycles. The minimum absolute atomic E-state index is 0.00187. The van der Waals surface area contributed by atoms with Gasteiger partial charge in [-0.15, -0.1) is 0 Å². The van der Waals surface area contributed by atoms with Crippen LogP contribution in [0.25, 0.3) is 0 Å². The molecule has 1 aromatic rings. The molecule has 0 aliphatic heterocycles. The number of carboxylic acid groups (broad SMARTS) is 1. The smallest absolute Gasteiger partial charge is 0.323 e. The summed E-state index contributed by atoms with van der Waals surface area (Å²) in [6, 6.07) is 4.86. The van der Waals surface area contributed by atoms with Gasteiger partial charge in [-0.3, -0.25) is 4.79 Å². The molecule has 0 unspecified atom stereocenters. The van der Waals surface area contributed by atoms with Crippen LogP contribution in [0.3, 0.4) is 0 Å². The van der Waals surface area contributed by atoms with Crippen LogP contribution in [0.4, 0.5) is 10.5 Å². The Morgan fingerprint density at radius 2 is 2.05 bits per heavy atom. The second-order valence-corrected chi connectivity index (χ2v) is 5.76. The van der Waals surface area contributed by atoms with Crippen LogP contribution in [0.15, 0.2) is 18.2 Å². The summed E-state index contributed by atoms with van der Waals surface area (Å²) in [5.41, 5.74) is 1.50. The Bertz CT molecular complexity index is 542. The highest BCUT2D eigenvalue weighted by molar-refractivity contribution is 6.31. The molecule has 21 heavy (non-hydrogen) atoms. The zero-order chi connectivity index (χ0) is 15.4. The van der Waals surface area contributed by atoms with E-state index in [-0.39, 0.29) is 18.6 Å². The molecule has 1 aliphatic carbocycles. The van der Waals surface area contributed by atoms with E-state index in [4.69, 9.17) is 16.7 Å². The van der Waals surface area contributed by atoms with Gasteiger partial charge >= 0.3 is 12.0 Å². The molecular formula is C15H19ClN2O3. The first kappa shape index (κ1) is 15.6. The number of benzene rings is 1. The Kier molecular flexibility index (Phi) is 5.07. The lowest BCUT2D eigenvalue weighted by atomic mass is 10.2. The average Bonchev–Trinajstić information content (AvgIpc) is 2.93. The minimum Gasteiger partial charge on any atom is -0.480 e. The number of halogens is 1. The quantitative estimate of drug-likeness (QED) is 0.894. The number of nitrogens with zero attached hydrogens (tertiary/aromatic N) is 1. The predicted octanol–water partition coefficient (Wildman–Crippen LogP) is 3.51. The molecule has 2 N–H and O–H groups in total. The molecule has 1 fully saturated rings. The summed E-state index contributed by atoms with van der Waals surface area (Å²) in [7, 11) is 0. The first-order valence-corrected chi connectivity index (χ1v) is 7.40. The maximum Gasteiger partial charge on any atom is 0.323 e. The molecule has 0 heterocycles. The van der Waals surface area contributed by atoms with Crippen LogP contribution in [-0.2, 0) is 4.79 Å². The predicted molar refractivity (Wildman–Crippen MR) is 81.8 cm³/mol. The largest absolute Gasteiger partial charge is 0.480 e. The Labute approximate surface area is 128 Å². The van der Waals surface area contributed by atoms with E-state index in [0.29, 0.717) is 10.7 Å². The van der Waals surface area contributed by atoms with Gasteiger partial charge in [0.15, 0.2) is 0 Å². The van der Waals surface area contributed by atoms with Gasteiger partial charge in [0.2, 0.25) is 0 Å². The van der Waals surface area contributed by atoms with Crippen LogP contribution in [0.5, 0.6) is 0 Å². The van der Waals surface area contributed by atoms with Crippen molar-refractivity contribution in [1.82, 2.24) is 4.90 Å². The average molecular weight is 311 g/mol. The van der Waals surface area contributed by atoms with Gasteiger partial charge in [0.25, 0.3) is 0 Å². The van der Waals surface area contributed by atoms with Crippen molar-refractivity contribution >= 4 is 29.3 Å². The van der Waals surface area contributed by atoms with E-state index in [9.17, 15) is 9.59 Å². The molecule has 0 aromatic heterocycles. The number of hydrogen-bond donors (Lipinski definition) is 2. The molecule has 114 valence electrons. The van der Waals surface area contributed by atoms with Crippen LogP contribution < -0.4 is 5.32 Å². The maximum absolute atomic E-state index is 12.3. The van der Waals surface area contributed by atoms with Crippen LogP contribution >= 0.6 is 11.6 Å². The normalized spacial score (nSPS) is 15.0. The first-order chi connectivity index (χ1) is 9.97. The lowest BCUT2D eigenvalue weighted by Gasteiger charge is -2.27. The van der Waals surface area contributed by atoms with Gasteiger partial charge in [0.1, 0.15) is 6.54 Å². The topological polar surface area (TPSA) is 69.6 Å². The van der Waals surface area contributed by atoms with Crippen molar-refractivity contribution in [2.24, 2.45) is 0 Å². The molecule has 0 spiro atoms. The van der Waals surface area contributed by atoms with Crippen molar-refractivity contribution in [3.63, 3.8) is 0 Å². The maximum atomic E-state index is 12.3. The molecule has 1 aliphatic rings. The molecule has 2 amide bonds. The van der Waals surface area contributed by atoms with E-state index in [1.54, 1.807) is 12.1 Å². The van der Waals surface area contributed by atoms with Gasteiger partial charge in [-0.05, 0) is 37.5 Å². The number of carbonyl (C=O) groups is 2. The van der Waals surface area contributed by atoms with E-state index in [1.807, 2.05) is 13.0 Å². The second-order valence-electron chi connectivity index (χ2n) is 5.35. The van der Waals surface area contributed by atoms with Crippen molar-refractivity contribution in [2.75, 3.05) is 11.9 Å². The number of carbonyl (C=O) groups excluding carboxylic acids is 1. The fourth-order valence-corrected chi connectivity index (χ4v) is 2.77. The Morgan fingerprint density at radius 3 is 2.62 bits per heavy atom. The molecule has 0 bridgehead atoms. The third-order valence-corrected chi connectivity index (χ3v) is 4.16. The highest BCUT2D eigenvalue weighted by Crippen LogP contribution is 2.25. The van der Waals surface area contributed by atoms with Crippen molar-refractivity contribution in [2.45, 2.75) is 38.6 Å². The van der Waals surface area contributed by atoms with Gasteiger partial charge in [-0.1, -0.05) is 30.5 Å². The summed E-state index contributed by atoms with van der Waals surface area (Å²) < 4.78 is 0. The molecule has 6 heteroatoms. The SMILES string of the molecule is Cc1ccc(NC(=O)N(CC(=O)O)C2CCCC2)cc1Cl. The number of aliphatic carboxylic acids is 1. The number of urea groups is 1. The minimum atomic E-state index is -1.00. The van der Waals surface area contributed by atoms with Crippen LogP contribution in [0, 0.1) is 6.92 Å². The molecule has 0 radical (unpaired) electrons. The summed E-state index contributed by atoms with van der Waals surface area (Å²) in [6.45, 7) is 1.60. The lowest BCUT2D eigenvalue weighted by molar-refractivity contribution is -0.138. The fraction of sp³-hybridized carbons (Fsp3) is 0.467. The first-order valence-electron chi connectivity index (χ1n) is 7.03. The van der Waals surface area contributed by atoms with E-state index in [2.05, 4.69) is 5.32 Å². The number of amides is 2. The number of rotatable bonds is 4. The lowest BCUT2D eigenvalue weighted by Crippen LogP contribution is -2.44. The summed E-state index contributed by atoms with van der Waals surface area (Å²) in [4.78, 5) is 24.7. The van der Waals surface area contributed by atoms with E-state index in [1.165, 1.54) is 4.90 Å². The fourth-order valence-electron chi connectivity index (χ4n) is 2.59. The molecule has 2 rings (SSSR count). The Balaban J connectivity index is 2.09. The van der Waals surface area contributed by atoms with Crippen LogP contribution in [0.1, 0.15) is 31.2 Å². The van der Waals surface area contributed by atoms with Crippen LogP contribution in [0.2, 0.25) is 5.02 Å². The molecule has 0 saturated heterocycles. The third-order valence-electron chi connectivity index (χ3n) is 3.76. The van der Waals surface area contributed by atoms with E-state index in [0.717, 1.165) is 31.2 Å². The number of anilines is 1. The summed E-state index contributed by atoms with van der Waals surface area (Å²) in [5.74, 6) is -1.00. The second kappa shape index (κ2) is 6.80. The molecular weight excluding hydrogens is 292 g/mol. The number of nitrogens with one attached hydrogen (secondary N) is 1. The summed E-state index contributed by atoms with van der Waals surface area (Å²) >= 11 is 6.03. The zero-order valence-corrected chi connectivity index (χ0v) is 12.7. The highest BCUT2D eigenvalue weighted by atomic mass is 35.5. The monoisotopic (exact) mass is 310 g/mol. The number of hydrogen-bond acceptors (Lipinski definition) is 2. The standard InChI is InChI=1S/C15H19ClN2O3/c1-10-6-7-11(8-13(10)16)17-15(21)18(9-14(19)20)12-4-2-3-5-12/h6-8,12H,2-5,9H2,1H3,(H,17,21)(H,19,20).